The summed E-state index contributed by atoms with van der Waals surface area (Å²) in [6.45, 7) is 0.133. The van der Waals surface area contributed by atoms with E-state index in [9.17, 15) is 21.9 Å². The maximum Gasteiger partial charge on any atom is 0.302 e. The number of carbonyl (C=O) groups excluding carboxylic acids is 1. The molecule has 2 heterocycles. The van der Waals surface area contributed by atoms with E-state index in [0.29, 0.717) is 5.69 Å². The SMILES string of the molecule is O=C1CC(CS(=O)(=O)F)CN1c1ccc(=O)[nH]c1. The first kappa shape index (κ1) is 12.7. The van der Waals surface area contributed by atoms with Gasteiger partial charge in [-0.2, -0.15) is 8.42 Å². The number of amides is 1. The highest BCUT2D eigenvalue weighted by molar-refractivity contribution is 7.86. The molecule has 8 heteroatoms. The Hall–Kier alpha value is -1.70. The molecular formula is C10H11FN2O4S. The van der Waals surface area contributed by atoms with Crippen molar-refractivity contribution < 1.29 is 17.1 Å². The van der Waals surface area contributed by atoms with Gasteiger partial charge in [-0.1, -0.05) is 0 Å². The Balaban J connectivity index is 2.15. The summed E-state index contributed by atoms with van der Waals surface area (Å²) in [5.74, 6) is -1.49. The van der Waals surface area contributed by atoms with Crippen LogP contribution in [0.4, 0.5) is 9.57 Å². The number of H-pyrrole nitrogens is 1. The fraction of sp³-hybridized carbons (Fsp3) is 0.400. The summed E-state index contributed by atoms with van der Waals surface area (Å²) in [4.78, 5) is 26.3. The Labute approximate surface area is 103 Å². The highest BCUT2D eigenvalue weighted by Gasteiger charge is 2.33. The molecule has 1 amide bonds. The van der Waals surface area contributed by atoms with Gasteiger partial charge in [0.15, 0.2) is 0 Å². The zero-order chi connectivity index (χ0) is 13.3. The van der Waals surface area contributed by atoms with Gasteiger partial charge in [-0.25, -0.2) is 0 Å². The van der Waals surface area contributed by atoms with Gasteiger partial charge < -0.3 is 9.88 Å². The molecule has 1 aliphatic heterocycles. The van der Waals surface area contributed by atoms with Crippen molar-refractivity contribution in [1.82, 2.24) is 4.98 Å². The minimum absolute atomic E-state index is 0.0116. The second-order valence-corrected chi connectivity index (χ2v) is 5.60. The van der Waals surface area contributed by atoms with Crippen LogP contribution in [0.3, 0.4) is 0 Å². The summed E-state index contributed by atoms with van der Waals surface area (Å²) in [5, 5.41) is 0. The molecule has 1 aliphatic rings. The Morgan fingerprint density at radius 1 is 1.39 bits per heavy atom. The standard InChI is InChI=1S/C10H11FN2O4S/c11-18(16,17)6-7-3-10(15)13(5-7)8-1-2-9(14)12-4-8/h1-2,4,7H,3,5-6H2,(H,12,14). The third-order valence-corrected chi connectivity index (χ3v) is 3.59. The average molecular weight is 274 g/mol. The van der Waals surface area contributed by atoms with Crippen molar-refractivity contribution in [3.05, 3.63) is 28.7 Å². The van der Waals surface area contributed by atoms with Crippen LogP contribution in [-0.2, 0) is 15.0 Å². The number of carbonyl (C=O) groups is 1. The molecule has 2 rings (SSSR count). The maximum atomic E-state index is 12.5. The Morgan fingerprint density at radius 2 is 2.11 bits per heavy atom. The summed E-state index contributed by atoms with van der Waals surface area (Å²) in [6.07, 6.45) is 1.36. The third kappa shape index (κ3) is 2.95. The first-order valence-electron chi connectivity index (χ1n) is 5.26. The van der Waals surface area contributed by atoms with Gasteiger partial charge >= 0.3 is 10.2 Å². The number of hydrogen-bond acceptors (Lipinski definition) is 4. The van der Waals surface area contributed by atoms with E-state index in [4.69, 9.17) is 0 Å². The van der Waals surface area contributed by atoms with Crippen LogP contribution in [0.15, 0.2) is 23.1 Å². The van der Waals surface area contributed by atoms with Gasteiger partial charge in [0.25, 0.3) is 0 Å². The van der Waals surface area contributed by atoms with E-state index in [0.717, 1.165) is 0 Å². The Morgan fingerprint density at radius 3 is 2.67 bits per heavy atom. The van der Waals surface area contributed by atoms with E-state index < -0.39 is 21.9 Å². The number of rotatable bonds is 3. The largest absolute Gasteiger partial charge is 0.327 e. The monoisotopic (exact) mass is 274 g/mol. The molecule has 6 nitrogen and oxygen atoms in total. The van der Waals surface area contributed by atoms with Crippen LogP contribution >= 0.6 is 0 Å². The molecule has 98 valence electrons. The summed E-state index contributed by atoms with van der Waals surface area (Å²) in [5.41, 5.74) is 0.173. The third-order valence-electron chi connectivity index (χ3n) is 2.72. The normalized spacial score (nSPS) is 20.4. The lowest BCUT2D eigenvalue weighted by Gasteiger charge is -2.15. The van der Waals surface area contributed by atoms with Gasteiger partial charge in [-0.3, -0.25) is 9.59 Å². The molecule has 1 N–H and O–H groups in total. The van der Waals surface area contributed by atoms with E-state index in [-0.39, 0.29) is 24.4 Å². The summed E-state index contributed by atoms with van der Waals surface area (Å²) in [7, 11) is -4.58. The second kappa shape index (κ2) is 4.52. The first-order chi connectivity index (χ1) is 8.35. The predicted octanol–water partition coefficient (Wildman–Crippen LogP) is 0.0271. The zero-order valence-electron chi connectivity index (χ0n) is 9.30. The molecule has 1 aromatic rings. The van der Waals surface area contributed by atoms with Crippen LogP contribution < -0.4 is 10.5 Å². The summed E-state index contributed by atoms with van der Waals surface area (Å²) < 4.78 is 33.6. The van der Waals surface area contributed by atoms with Crippen LogP contribution in [0.1, 0.15) is 6.42 Å². The van der Waals surface area contributed by atoms with E-state index >= 15 is 0 Å². The molecule has 1 aromatic heterocycles. The predicted molar refractivity (Wildman–Crippen MR) is 62.4 cm³/mol. The van der Waals surface area contributed by atoms with Gasteiger partial charge in [0.2, 0.25) is 11.5 Å². The Bertz CT molecular complexity index is 605. The number of nitrogens with one attached hydrogen (secondary N) is 1. The molecular weight excluding hydrogens is 263 g/mol. The number of nitrogens with zero attached hydrogens (tertiary/aromatic N) is 1. The van der Waals surface area contributed by atoms with Gasteiger partial charge in [0, 0.05) is 31.1 Å². The average Bonchev–Trinajstić information content (AvgIpc) is 2.58. The van der Waals surface area contributed by atoms with Crippen LogP contribution in [0.2, 0.25) is 0 Å². The molecule has 1 saturated heterocycles. The topological polar surface area (TPSA) is 87.3 Å². The number of aromatic nitrogens is 1. The number of pyridine rings is 1. The molecule has 0 spiro atoms. The minimum Gasteiger partial charge on any atom is -0.327 e. The first-order valence-corrected chi connectivity index (χ1v) is 6.82. The number of halogens is 1. The fourth-order valence-corrected chi connectivity index (χ4v) is 2.78. The summed E-state index contributed by atoms with van der Waals surface area (Å²) >= 11 is 0. The Kier molecular flexibility index (Phi) is 3.20. The van der Waals surface area contributed by atoms with Crippen molar-refractivity contribution in [3.63, 3.8) is 0 Å². The molecule has 0 aromatic carbocycles. The van der Waals surface area contributed by atoms with Gasteiger partial charge in [-0.15, -0.1) is 3.89 Å². The zero-order valence-corrected chi connectivity index (χ0v) is 10.1. The summed E-state index contributed by atoms with van der Waals surface area (Å²) in [6, 6.07) is 2.73. The van der Waals surface area contributed by atoms with Crippen molar-refractivity contribution >= 4 is 21.8 Å². The molecule has 1 unspecified atom stereocenters. The molecule has 0 bridgehead atoms. The second-order valence-electron chi connectivity index (χ2n) is 4.19. The van der Waals surface area contributed by atoms with E-state index in [2.05, 4.69) is 4.98 Å². The molecule has 1 fully saturated rings. The number of aromatic amines is 1. The lowest BCUT2D eigenvalue weighted by atomic mass is 10.1. The highest BCUT2D eigenvalue weighted by atomic mass is 32.3. The van der Waals surface area contributed by atoms with E-state index in [1.807, 2.05) is 0 Å². The number of anilines is 1. The molecule has 18 heavy (non-hydrogen) atoms. The van der Waals surface area contributed by atoms with Gasteiger partial charge in [0.1, 0.15) is 0 Å². The van der Waals surface area contributed by atoms with Crippen molar-refractivity contribution in [1.29, 1.82) is 0 Å². The smallest absolute Gasteiger partial charge is 0.302 e. The van der Waals surface area contributed by atoms with Crippen molar-refractivity contribution in [2.24, 2.45) is 5.92 Å². The highest BCUT2D eigenvalue weighted by Crippen LogP contribution is 2.25. The van der Waals surface area contributed by atoms with Crippen LogP contribution in [-0.4, -0.2) is 31.6 Å². The number of hydrogen-bond donors (Lipinski definition) is 1. The molecule has 0 saturated carbocycles. The minimum atomic E-state index is -4.58. The van der Waals surface area contributed by atoms with Crippen LogP contribution in [0.5, 0.6) is 0 Å². The van der Waals surface area contributed by atoms with Crippen molar-refractivity contribution in [3.8, 4) is 0 Å². The molecule has 0 radical (unpaired) electrons. The fourth-order valence-electron chi connectivity index (χ4n) is 1.99. The van der Waals surface area contributed by atoms with Crippen molar-refractivity contribution in [2.45, 2.75) is 6.42 Å². The quantitative estimate of drug-likeness (QED) is 0.788. The van der Waals surface area contributed by atoms with Crippen LogP contribution in [0, 0.1) is 5.92 Å². The molecule has 0 aliphatic carbocycles. The molecule has 1 atom stereocenters. The van der Waals surface area contributed by atoms with Crippen molar-refractivity contribution in [2.75, 3.05) is 17.2 Å². The lowest BCUT2D eigenvalue weighted by molar-refractivity contribution is -0.117. The maximum absolute atomic E-state index is 12.5. The van der Waals surface area contributed by atoms with E-state index in [1.54, 1.807) is 0 Å². The van der Waals surface area contributed by atoms with E-state index in [1.165, 1.54) is 23.2 Å². The van der Waals surface area contributed by atoms with Crippen LogP contribution in [0.25, 0.3) is 0 Å². The van der Waals surface area contributed by atoms with Gasteiger partial charge in [-0.05, 0) is 6.07 Å². The van der Waals surface area contributed by atoms with Gasteiger partial charge in [0.05, 0.1) is 11.4 Å². The lowest BCUT2D eigenvalue weighted by Crippen LogP contribution is -2.26.